The number of nitrogens with one attached hydrogen (secondary N) is 2. The van der Waals surface area contributed by atoms with Crippen molar-refractivity contribution in [1.29, 1.82) is 0 Å². The van der Waals surface area contributed by atoms with Crippen LogP contribution in [0.5, 0.6) is 0 Å². The summed E-state index contributed by atoms with van der Waals surface area (Å²) in [5.41, 5.74) is 1.52. The van der Waals surface area contributed by atoms with E-state index in [-0.39, 0.29) is 0 Å². The van der Waals surface area contributed by atoms with Gasteiger partial charge in [-0.05, 0) is 27.4 Å². The molecule has 0 aliphatic carbocycles. The Labute approximate surface area is 153 Å². The van der Waals surface area contributed by atoms with E-state index in [1.54, 1.807) is 7.11 Å². The Balaban J connectivity index is 1.67. The molecule has 6 heteroatoms. The van der Waals surface area contributed by atoms with Crippen LogP contribution in [0.3, 0.4) is 0 Å². The number of hydrogen-bond donors (Lipinski definition) is 2. The van der Waals surface area contributed by atoms with Gasteiger partial charge in [0.15, 0.2) is 0 Å². The summed E-state index contributed by atoms with van der Waals surface area (Å²) in [5, 5.41) is 7.74. The zero-order chi connectivity index (χ0) is 17.8. The molecule has 3 aliphatic heterocycles. The standard InChI is InChI=1S/C19H37N5O/c1-15-5-6-20-16(11-15)17-12-23(3)13-18(21-17)19-14-22(2)7-8-24(19)9-10-25-4/h5,16-21H,6-14H2,1-4H3. The molecule has 0 saturated carbocycles. The minimum atomic E-state index is 0.511. The second kappa shape index (κ2) is 8.93. The molecule has 25 heavy (non-hydrogen) atoms. The molecule has 0 aromatic rings. The largest absolute Gasteiger partial charge is 0.383 e. The molecule has 0 spiro atoms. The second-order valence-corrected chi connectivity index (χ2v) is 8.23. The summed E-state index contributed by atoms with van der Waals surface area (Å²) in [6.07, 6.45) is 3.49. The highest BCUT2D eigenvalue weighted by molar-refractivity contribution is 5.10. The molecule has 0 aromatic heterocycles. The van der Waals surface area contributed by atoms with E-state index in [2.05, 4.69) is 52.4 Å². The van der Waals surface area contributed by atoms with Crippen LogP contribution in [0.4, 0.5) is 0 Å². The summed E-state index contributed by atoms with van der Waals surface area (Å²) in [6.45, 7) is 10.8. The lowest BCUT2D eigenvalue weighted by molar-refractivity contribution is 0.0209. The quantitative estimate of drug-likeness (QED) is 0.671. The summed E-state index contributed by atoms with van der Waals surface area (Å²) in [5.74, 6) is 0. The van der Waals surface area contributed by atoms with Gasteiger partial charge < -0.3 is 25.2 Å². The van der Waals surface area contributed by atoms with Crippen LogP contribution in [0.25, 0.3) is 0 Å². The maximum Gasteiger partial charge on any atom is 0.0589 e. The van der Waals surface area contributed by atoms with Crippen molar-refractivity contribution in [3.63, 3.8) is 0 Å². The number of likely N-dealkylation sites (N-methyl/N-ethyl adjacent to an activating group) is 2. The first-order valence-electron chi connectivity index (χ1n) is 9.82. The minimum Gasteiger partial charge on any atom is -0.383 e. The molecule has 3 aliphatic rings. The number of nitrogens with zero attached hydrogens (tertiary/aromatic N) is 3. The van der Waals surface area contributed by atoms with Crippen molar-refractivity contribution in [2.24, 2.45) is 0 Å². The van der Waals surface area contributed by atoms with Gasteiger partial charge in [-0.2, -0.15) is 0 Å². The van der Waals surface area contributed by atoms with Crippen molar-refractivity contribution < 1.29 is 4.74 Å². The van der Waals surface area contributed by atoms with Gasteiger partial charge in [0.2, 0.25) is 0 Å². The zero-order valence-corrected chi connectivity index (χ0v) is 16.5. The van der Waals surface area contributed by atoms with Crippen LogP contribution < -0.4 is 10.6 Å². The number of methoxy groups -OCH3 is 1. The van der Waals surface area contributed by atoms with E-state index >= 15 is 0 Å². The van der Waals surface area contributed by atoms with Crippen molar-refractivity contribution in [3.05, 3.63) is 11.6 Å². The predicted molar refractivity (Wildman–Crippen MR) is 103 cm³/mol. The molecule has 4 atom stereocenters. The molecule has 0 aromatic carbocycles. The lowest BCUT2D eigenvalue weighted by Crippen LogP contribution is -2.70. The highest BCUT2D eigenvalue weighted by atomic mass is 16.5. The number of ether oxygens (including phenoxy) is 1. The summed E-state index contributed by atoms with van der Waals surface area (Å²) in [4.78, 5) is 7.63. The maximum atomic E-state index is 5.35. The molecule has 4 unspecified atom stereocenters. The first-order chi connectivity index (χ1) is 12.1. The van der Waals surface area contributed by atoms with E-state index < -0.39 is 0 Å². The van der Waals surface area contributed by atoms with Gasteiger partial charge in [-0.15, -0.1) is 0 Å². The van der Waals surface area contributed by atoms with Gasteiger partial charge in [0, 0.05) is 77.1 Å². The Morgan fingerprint density at radius 2 is 1.88 bits per heavy atom. The molecule has 2 fully saturated rings. The maximum absolute atomic E-state index is 5.35. The fraction of sp³-hybridized carbons (Fsp3) is 0.895. The van der Waals surface area contributed by atoms with Crippen LogP contribution in [0.15, 0.2) is 11.6 Å². The van der Waals surface area contributed by atoms with Crippen LogP contribution in [0.1, 0.15) is 13.3 Å². The fourth-order valence-electron chi connectivity index (χ4n) is 4.63. The molecule has 2 saturated heterocycles. The third-order valence-corrected chi connectivity index (χ3v) is 6.09. The Bertz CT molecular complexity index is 455. The number of piperazine rings is 2. The van der Waals surface area contributed by atoms with Crippen molar-refractivity contribution in [2.45, 2.75) is 37.5 Å². The van der Waals surface area contributed by atoms with Gasteiger partial charge >= 0.3 is 0 Å². The highest BCUT2D eigenvalue weighted by Gasteiger charge is 2.38. The van der Waals surface area contributed by atoms with E-state index in [1.165, 1.54) is 5.57 Å². The third-order valence-electron chi connectivity index (χ3n) is 6.09. The second-order valence-electron chi connectivity index (χ2n) is 8.23. The van der Waals surface area contributed by atoms with E-state index in [9.17, 15) is 0 Å². The van der Waals surface area contributed by atoms with Crippen molar-refractivity contribution in [2.75, 3.05) is 73.6 Å². The lowest BCUT2D eigenvalue weighted by Gasteiger charge is -2.49. The van der Waals surface area contributed by atoms with Gasteiger partial charge in [-0.3, -0.25) is 4.90 Å². The monoisotopic (exact) mass is 351 g/mol. The lowest BCUT2D eigenvalue weighted by atomic mass is 9.92. The van der Waals surface area contributed by atoms with Crippen molar-refractivity contribution >= 4 is 0 Å². The van der Waals surface area contributed by atoms with Crippen LogP contribution in [-0.2, 0) is 4.74 Å². The molecule has 0 radical (unpaired) electrons. The molecular formula is C19H37N5O. The van der Waals surface area contributed by atoms with Gasteiger partial charge in [-0.1, -0.05) is 11.6 Å². The van der Waals surface area contributed by atoms with Gasteiger partial charge in [0.05, 0.1) is 6.61 Å². The normalized spacial score (nSPS) is 36.4. The molecule has 2 N–H and O–H groups in total. The van der Waals surface area contributed by atoms with E-state index in [0.29, 0.717) is 24.2 Å². The molecule has 3 heterocycles. The van der Waals surface area contributed by atoms with Crippen LogP contribution in [0.2, 0.25) is 0 Å². The summed E-state index contributed by atoms with van der Waals surface area (Å²) in [7, 11) is 6.33. The SMILES string of the molecule is COCCN1CCN(C)CC1C1CN(C)CC(C2CC(C)=CCN2)N1. The van der Waals surface area contributed by atoms with Crippen LogP contribution >= 0.6 is 0 Å². The number of hydrogen-bond acceptors (Lipinski definition) is 6. The zero-order valence-electron chi connectivity index (χ0n) is 16.5. The van der Waals surface area contributed by atoms with Gasteiger partial charge in [-0.25, -0.2) is 0 Å². The Morgan fingerprint density at radius 1 is 1.08 bits per heavy atom. The Hall–Kier alpha value is -0.500. The smallest absolute Gasteiger partial charge is 0.0589 e. The van der Waals surface area contributed by atoms with Crippen LogP contribution in [-0.4, -0.2) is 112 Å². The first-order valence-corrected chi connectivity index (χ1v) is 9.82. The van der Waals surface area contributed by atoms with Crippen molar-refractivity contribution in [3.8, 4) is 0 Å². The third kappa shape index (κ3) is 5.02. The Kier molecular flexibility index (Phi) is 6.88. The highest BCUT2D eigenvalue weighted by Crippen LogP contribution is 2.20. The topological polar surface area (TPSA) is 43.0 Å². The number of rotatable bonds is 5. The van der Waals surface area contributed by atoms with Gasteiger partial charge in [0.1, 0.15) is 0 Å². The molecular weight excluding hydrogens is 314 g/mol. The predicted octanol–water partition coefficient (Wildman–Crippen LogP) is -0.171. The van der Waals surface area contributed by atoms with E-state index in [1.807, 2.05) is 0 Å². The van der Waals surface area contributed by atoms with Crippen molar-refractivity contribution in [1.82, 2.24) is 25.3 Å². The summed E-state index contributed by atoms with van der Waals surface area (Å²) < 4.78 is 5.35. The average Bonchev–Trinajstić information content (AvgIpc) is 2.60. The minimum absolute atomic E-state index is 0.511. The van der Waals surface area contributed by atoms with Crippen LogP contribution in [0, 0.1) is 0 Å². The van der Waals surface area contributed by atoms with E-state index in [0.717, 1.165) is 58.8 Å². The fourth-order valence-corrected chi connectivity index (χ4v) is 4.63. The summed E-state index contributed by atoms with van der Waals surface area (Å²) >= 11 is 0. The Morgan fingerprint density at radius 3 is 2.64 bits per heavy atom. The molecule has 144 valence electrons. The van der Waals surface area contributed by atoms with Gasteiger partial charge in [0.25, 0.3) is 0 Å². The average molecular weight is 352 g/mol. The molecule has 0 amide bonds. The molecule has 0 bridgehead atoms. The summed E-state index contributed by atoms with van der Waals surface area (Å²) in [6, 6.07) is 2.13. The molecule has 3 rings (SSSR count). The van der Waals surface area contributed by atoms with E-state index in [4.69, 9.17) is 4.74 Å². The first kappa shape index (κ1) is 19.3. The molecule has 6 nitrogen and oxygen atoms in total.